The van der Waals surface area contributed by atoms with Gasteiger partial charge in [0.1, 0.15) is 6.33 Å². The highest BCUT2D eigenvalue weighted by molar-refractivity contribution is 7.99. The Labute approximate surface area is 157 Å². The summed E-state index contributed by atoms with van der Waals surface area (Å²) in [7, 11) is 1.93. The van der Waals surface area contributed by atoms with Gasteiger partial charge in [0.15, 0.2) is 5.16 Å². The molecule has 5 nitrogen and oxygen atoms in total. The Morgan fingerprint density at radius 1 is 1.40 bits per heavy atom. The van der Waals surface area contributed by atoms with E-state index in [1.54, 1.807) is 6.33 Å². The number of halogens is 1. The van der Waals surface area contributed by atoms with Crippen LogP contribution in [0.3, 0.4) is 0 Å². The van der Waals surface area contributed by atoms with Crippen LogP contribution in [0.25, 0.3) is 5.69 Å². The van der Waals surface area contributed by atoms with E-state index in [9.17, 15) is 4.79 Å². The van der Waals surface area contributed by atoms with Gasteiger partial charge in [-0.25, -0.2) is 0 Å². The number of nitrogens with zero attached hydrogens (tertiary/aromatic N) is 4. The fourth-order valence-electron chi connectivity index (χ4n) is 3.41. The predicted octanol–water partition coefficient (Wildman–Crippen LogP) is 4.05. The molecule has 3 rings (SSSR count). The van der Waals surface area contributed by atoms with Crippen molar-refractivity contribution < 1.29 is 4.79 Å². The zero-order valence-electron chi connectivity index (χ0n) is 14.6. The zero-order valence-corrected chi connectivity index (χ0v) is 16.1. The first-order valence-corrected chi connectivity index (χ1v) is 9.97. The van der Waals surface area contributed by atoms with Gasteiger partial charge in [-0.3, -0.25) is 9.36 Å². The zero-order chi connectivity index (χ0) is 17.8. The fraction of sp³-hybridized carbons (Fsp3) is 0.500. The summed E-state index contributed by atoms with van der Waals surface area (Å²) >= 11 is 7.47. The van der Waals surface area contributed by atoms with E-state index in [1.165, 1.54) is 31.0 Å². The number of carbonyl (C=O) groups is 1. The van der Waals surface area contributed by atoms with Crippen molar-refractivity contribution in [2.24, 2.45) is 5.92 Å². The van der Waals surface area contributed by atoms with Crippen LogP contribution in [-0.4, -0.2) is 44.4 Å². The Morgan fingerprint density at radius 3 is 2.96 bits per heavy atom. The number of carbonyl (C=O) groups excluding carboxylic acids is 1. The second-order valence-corrected chi connectivity index (χ2v) is 7.96. The lowest BCUT2D eigenvalue weighted by Gasteiger charge is -2.36. The van der Waals surface area contributed by atoms with E-state index >= 15 is 0 Å². The van der Waals surface area contributed by atoms with Crippen molar-refractivity contribution in [3.8, 4) is 5.69 Å². The van der Waals surface area contributed by atoms with E-state index in [1.807, 2.05) is 40.8 Å². The SMILES string of the molecule is CC1CCCCC1N(C)C(=O)CSc1nncn1-c1cccc(Cl)c1. The van der Waals surface area contributed by atoms with Gasteiger partial charge in [-0.2, -0.15) is 0 Å². The molecule has 1 aromatic heterocycles. The third-order valence-corrected chi connectivity index (χ3v) is 6.05. The number of amides is 1. The first kappa shape index (κ1) is 18.3. The Hall–Kier alpha value is -1.53. The summed E-state index contributed by atoms with van der Waals surface area (Å²) < 4.78 is 1.85. The smallest absolute Gasteiger partial charge is 0.233 e. The second-order valence-electron chi connectivity index (χ2n) is 6.59. The van der Waals surface area contributed by atoms with E-state index < -0.39 is 0 Å². The molecule has 0 radical (unpaired) electrons. The van der Waals surface area contributed by atoms with E-state index in [0.29, 0.717) is 27.9 Å². The molecule has 7 heteroatoms. The molecule has 0 saturated heterocycles. The number of rotatable bonds is 5. The maximum Gasteiger partial charge on any atom is 0.233 e. The highest BCUT2D eigenvalue weighted by Gasteiger charge is 2.27. The van der Waals surface area contributed by atoms with Crippen molar-refractivity contribution in [1.29, 1.82) is 0 Å². The number of hydrogen-bond acceptors (Lipinski definition) is 4. The van der Waals surface area contributed by atoms with Crippen LogP contribution in [0, 0.1) is 5.92 Å². The quantitative estimate of drug-likeness (QED) is 0.736. The monoisotopic (exact) mass is 378 g/mol. The number of aromatic nitrogens is 3. The number of hydrogen-bond donors (Lipinski definition) is 0. The molecule has 25 heavy (non-hydrogen) atoms. The van der Waals surface area contributed by atoms with Gasteiger partial charge < -0.3 is 4.90 Å². The third-order valence-electron chi connectivity index (χ3n) is 4.88. The van der Waals surface area contributed by atoms with Crippen molar-refractivity contribution >= 4 is 29.3 Å². The Kier molecular flexibility index (Phi) is 6.02. The lowest BCUT2D eigenvalue weighted by atomic mass is 9.85. The van der Waals surface area contributed by atoms with E-state index in [4.69, 9.17) is 11.6 Å². The highest BCUT2D eigenvalue weighted by Crippen LogP contribution is 2.28. The van der Waals surface area contributed by atoms with Gasteiger partial charge in [0, 0.05) is 18.1 Å². The number of thioether (sulfide) groups is 1. The van der Waals surface area contributed by atoms with E-state index in [-0.39, 0.29) is 5.91 Å². The maximum atomic E-state index is 12.6. The van der Waals surface area contributed by atoms with Crippen molar-refractivity contribution in [2.75, 3.05) is 12.8 Å². The molecule has 0 bridgehead atoms. The fourth-order valence-corrected chi connectivity index (χ4v) is 4.45. The first-order chi connectivity index (χ1) is 12.1. The van der Waals surface area contributed by atoms with Crippen molar-refractivity contribution in [3.05, 3.63) is 35.6 Å². The molecule has 1 amide bonds. The van der Waals surface area contributed by atoms with E-state index in [2.05, 4.69) is 17.1 Å². The molecular formula is C18H23ClN4OS. The topological polar surface area (TPSA) is 51.0 Å². The highest BCUT2D eigenvalue weighted by atomic mass is 35.5. The first-order valence-electron chi connectivity index (χ1n) is 8.60. The summed E-state index contributed by atoms with van der Waals surface area (Å²) in [6, 6.07) is 7.86. The summed E-state index contributed by atoms with van der Waals surface area (Å²) in [4.78, 5) is 14.5. The van der Waals surface area contributed by atoms with Crippen LogP contribution < -0.4 is 0 Å². The second kappa shape index (κ2) is 8.23. The molecule has 2 aromatic rings. The van der Waals surface area contributed by atoms with Gasteiger partial charge in [-0.05, 0) is 37.0 Å². The van der Waals surface area contributed by atoms with Gasteiger partial charge in [0.05, 0.1) is 11.4 Å². The van der Waals surface area contributed by atoms with Gasteiger partial charge in [-0.15, -0.1) is 10.2 Å². The van der Waals surface area contributed by atoms with Crippen LogP contribution in [0.4, 0.5) is 0 Å². The molecule has 1 saturated carbocycles. The summed E-state index contributed by atoms with van der Waals surface area (Å²) in [6.45, 7) is 2.25. The third kappa shape index (κ3) is 4.36. The molecule has 0 aliphatic heterocycles. The Morgan fingerprint density at radius 2 is 2.20 bits per heavy atom. The normalized spacial score (nSPS) is 20.4. The average molecular weight is 379 g/mol. The molecule has 2 unspecified atom stereocenters. The van der Waals surface area contributed by atoms with Gasteiger partial charge in [0.25, 0.3) is 0 Å². The summed E-state index contributed by atoms with van der Waals surface area (Å²) in [5.41, 5.74) is 0.890. The minimum absolute atomic E-state index is 0.143. The minimum Gasteiger partial charge on any atom is -0.342 e. The van der Waals surface area contributed by atoms with Crippen LogP contribution in [-0.2, 0) is 4.79 Å². The molecule has 1 aromatic carbocycles. The predicted molar refractivity (Wildman–Crippen MR) is 101 cm³/mol. The average Bonchev–Trinajstić information content (AvgIpc) is 3.08. The van der Waals surface area contributed by atoms with Crippen molar-refractivity contribution in [3.63, 3.8) is 0 Å². The van der Waals surface area contributed by atoms with Crippen LogP contribution in [0.2, 0.25) is 5.02 Å². The molecule has 0 spiro atoms. The van der Waals surface area contributed by atoms with Crippen molar-refractivity contribution in [1.82, 2.24) is 19.7 Å². The Bertz CT molecular complexity index is 735. The minimum atomic E-state index is 0.143. The Balaban J connectivity index is 1.64. The summed E-state index contributed by atoms with van der Waals surface area (Å²) in [5.74, 6) is 1.08. The van der Waals surface area contributed by atoms with Gasteiger partial charge >= 0.3 is 0 Å². The lowest BCUT2D eigenvalue weighted by Crippen LogP contribution is -2.43. The molecule has 1 fully saturated rings. The summed E-state index contributed by atoms with van der Waals surface area (Å²) in [5, 5.41) is 9.47. The maximum absolute atomic E-state index is 12.6. The van der Waals surface area contributed by atoms with Gasteiger partial charge in [0.2, 0.25) is 5.91 Å². The van der Waals surface area contributed by atoms with Crippen molar-refractivity contribution in [2.45, 2.75) is 43.8 Å². The molecule has 1 heterocycles. The largest absolute Gasteiger partial charge is 0.342 e. The van der Waals surface area contributed by atoms with E-state index in [0.717, 1.165) is 12.1 Å². The molecule has 2 atom stereocenters. The molecule has 134 valence electrons. The number of benzene rings is 1. The van der Waals surface area contributed by atoms with Crippen LogP contribution >= 0.6 is 23.4 Å². The molecular weight excluding hydrogens is 356 g/mol. The van der Waals surface area contributed by atoms with Crippen LogP contribution in [0.15, 0.2) is 35.7 Å². The molecule has 0 N–H and O–H groups in total. The van der Waals surface area contributed by atoms with Gasteiger partial charge in [-0.1, -0.05) is 49.2 Å². The summed E-state index contributed by atoms with van der Waals surface area (Å²) in [6.07, 6.45) is 6.44. The molecule has 1 aliphatic rings. The lowest BCUT2D eigenvalue weighted by molar-refractivity contribution is -0.130. The van der Waals surface area contributed by atoms with Crippen LogP contribution in [0.1, 0.15) is 32.6 Å². The standard InChI is InChI=1S/C18H23ClN4OS/c1-13-6-3-4-9-16(13)22(2)17(24)11-25-18-21-20-12-23(18)15-8-5-7-14(19)10-15/h5,7-8,10,12-13,16H,3-4,6,9,11H2,1-2H3. The molecule has 1 aliphatic carbocycles. The van der Waals surface area contributed by atoms with Crippen LogP contribution in [0.5, 0.6) is 0 Å².